The van der Waals surface area contributed by atoms with E-state index in [4.69, 9.17) is 10.2 Å². The SMILES string of the molecule is Nc1cc(F)c(-c2ccc3c4ocnc4c(=O)n(C4CC4)c3c2)cc1F. The van der Waals surface area contributed by atoms with Gasteiger partial charge in [0.15, 0.2) is 17.5 Å². The molecule has 0 saturated heterocycles. The Morgan fingerprint density at radius 1 is 1.15 bits per heavy atom. The van der Waals surface area contributed by atoms with Crippen LogP contribution in [-0.2, 0) is 0 Å². The second-order valence-corrected chi connectivity index (χ2v) is 6.52. The second kappa shape index (κ2) is 5.14. The van der Waals surface area contributed by atoms with Crippen molar-refractivity contribution in [3.8, 4) is 11.1 Å². The number of oxazole rings is 1. The third-order valence-corrected chi connectivity index (χ3v) is 4.80. The Morgan fingerprint density at radius 2 is 1.96 bits per heavy atom. The zero-order valence-corrected chi connectivity index (χ0v) is 13.5. The van der Waals surface area contributed by atoms with Crippen molar-refractivity contribution in [2.45, 2.75) is 18.9 Å². The number of nitrogen functional groups attached to an aromatic ring is 1. The molecule has 0 atom stereocenters. The topological polar surface area (TPSA) is 74.1 Å². The van der Waals surface area contributed by atoms with E-state index < -0.39 is 11.6 Å². The van der Waals surface area contributed by atoms with Crippen molar-refractivity contribution >= 4 is 27.7 Å². The largest absolute Gasteiger partial charge is 0.443 e. The van der Waals surface area contributed by atoms with Gasteiger partial charge in [-0.3, -0.25) is 4.79 Å². The molecule has 130 valence electrons. The normalized spacial score (nSPS) is 14.4. The van der Waals surface area contributed by atoms with E-state index in [2.05, 4.69) is 4.98 Å². The minimum atomic E-state index is -0.688. The van der Waals surface area contributed by atoms with Crippen molar-refractivity contribution in [3.05, 3.63) is 58.7 Å². The van der Waals surface area contributed by atoms with Gasteiger partial charge >= 0.3 is 0 Å². The summed E-state index contributed by atoms with van der Waals surface area (Å²) >= 11 is 0. The second-order valence-electron chi connectivity index (χ2n) is 6.52. The predicted molar refractivity (Wildman–Crippen MR) is 93.8 cm³/mol. The van der Waals surface area contributed by atoms with Gasteiger partial charge < -0.3 is 14.7 Å². The molecule has 5 rings (SSSR count). The summed E-state index contributed by atoms with van der Waals surface area (Å²) in [7, 11) is 0. The molecule has 2 aromatic carbocycles. The smallest absolute Gasteiger partial charge is 0.281 e. The van der Waals surface area contributed by atoms with Crippen LogP contribution in [0.15, 0.2) is 45.9 Å². The summed E-state index contributed by atoms with van der Waals surface area (Å²) in [6.07, 6.45) is 3.03. The quantitative estimate of drug-likeness (QED) is 0.553. The lowest BCUT2D eigenvalue weighted by Gasteiger charge is -2.12. The summed E-state index contributed by atoms with van der Waals surface area (Å²) in [5.74, 6) is -1.31. The first-order chi connectivity index (χ1) is 12.5. The number of rotatable bonds is 2. The lowest BCUT2D eigenvalue weighted by atomic mass is 10.0. The molecule has 1 saturated carbocycles. The van der Waals surface area contributed by atoms with Gasteiger partial charge in [0.25, 0.3) is 5.56 Å². The van der Waals surface area contributed by atoms with Crippen molar-refractivity contribution < 1.29 is 13.2 Å². The Morgan fingerprint density at radius 3 is 2.73 bits per heavy atom. The Kier molecular flexibility index (Phi) is 2.98. The number of nitrogens with zero attached hydrogens (tertiary/aromatic N) is 2. The number of halogens is 2. The first kappa shape index (κ1) is 15.1. The van der Waals surface area contributed by atoms with Crippen LogP contribution in [-0.4, -0.2) is 9.55 Å². The molecule has 1 fully saturated rings. The van der Waals surface area contributed by atoms with Crippen molar-refractivity contribution in [1.82, 2.24) is 9.55 Å². The summed E-state index contributed by atoms with van der Waals surface area (Å²) in [5.41, 5.74) is 6.79. The van der Waals surface area contributed by atoms with Crippen molar-refractivity contribution in [2.75, 3.05) is 5.73 Å². The highest BCUT2D eigenvalue weighted by Gasteiger charge is 2.28. The van der Waals surface area contributed by atoms with E-state index in [0.717, 1.165) is 25.0 Å². The lowest BCUT2D eigenvalue weighted by Crippen LogP contribution is -2.20. The number of anilines is 1. The van der Waals surface area contributed by atoms with Gasteiger partial charge in [-0.15, -0.1) is 0 Å². The van der Waals surface area contributed by atoms with E-state index in [1.54, 1.807) is 22.8 Å². The summed E-state index contributed by atoms with van der Waals surface area (Å²) in [5, 5.41) is 0.712. The molecule has 2 N–H and O–H groups in total. The molecular formula is C19H13F2N3O2. The lowest BCUT2D eigenvalue weighted by molar-refractivity contribution is 0.604. The van der Waals surface area contributed by atoms with Gasteiger partial charge in [0.05, 0.1) is 11.2 Å². The minimum absolute atomic E-state index is 0.0889. The molecule has 4 aromatic rings. The number of benzene rings is 2. The van der Waals surface area contributed by atoms with Crippen LogP contribution in [0.1, 0.15) is 18.9 Å². The Hall–Kier alpha value is -3.22. The maximum Gasteiger partial charge on any atom is 0.281 e. The average molecular weight is 353 g/mol. The van der Waals surface area contributed by atoms with Crippen molar-refractivity contribution in [2.24, 2.45) is 0 Å². The molecular weight excluding hydrogens is 340 g/mol. The van der Waals surface area contributed by atoms with Crippen molar-refractivity contribution in [3.63, 3.8) is 0 Å². The molecule has 7 heteroatoms. The zero-order chi connectivity index (χ0) is 18.0. The standard InChI is InChI=1S/C19H13F2N3O2/c20-13-7-15(22)14(21)6-12(13)9-1-4-11-16(5-9)24(10-2-3-10)19(25)17-18(11)26-8-23-17/h1,4-8,10H,2-3,22H2. The van der Waals surface area contributed by atoms with Gasteiger partial charge in [0, 0.05) is 23.1 Å². The van der Waals surface area contributed by atoms with Crippen LogP contribution in [0, 0.1) is 11.6 Å². The van der Waals surface area contributed by atoms with Crippen LogP contribution >= 0.6 is 0 Å². The van der Waals surface area contributed by atoms with E-state index in [9.17, 15) is 13.6 Å². The van der Waals surface area contributed by atoms with Crippen LogP contribution in [0.4, 0.5) is 14.5 Å². The average Bonchev–Trinajstić information content (AvgIpc) is 3.32. The highest BCUT2D eigenvalue weighted by Crippen LogP contribution is 2.38. The summed E-state index contributed by atoms with van der Waals surface area (Å²) in [4.78, 5) is 16.8. The maximum absolute atomic E-state index is 14.3. The molecule has 0 amide bonds. The van der Waals surface area contributed by atoms with E-state index in [1.165, 1.54) is 6.39 Å². The Bertz CT molecular complexity index is 1260. The minimum Gasteiger partial charge on any atom is -0.443 e. The van der Waals surface area contributed by atoms with Crippen LogP contribution in [0.5, 0.6) is 0 Å². The van der Waals surface area contributed by atoms with E-state index in [0.29, 0.717) is 22.0 Å². The third kappa shape index (κ3) is 2.06. The molecule has 26 heavy (non-hydrogen) atoms. The number of nitrogens with two attached hydrogens (primary N) is 1. The van der Waals surface area contributed by atoms with Crippen LogP contribution in [0.3, 0.4) is 0 Å². The van der Waals surface area contributed by atoms with Crippen LogP contribution in [0.25, 0.3) is 33.1 Å². The summed E-state index contributed by atoms with van der Waals surface area (Å²) in [6.45, 7) is 0. The fourth-order valence-corrected chi connectivity index (χ4v) is 3.38. The number of hydrogen-bond acceptors (Lipinski definition) is 4. The van der Waals surface area contributed by atoms with Gasteiger partial charge in [0.1, 0.15) is 11.6 Å². The fourth-order valence-electron chi connectivity index (χ4n) is 3.38. The molecule has 1 aliphatic carbocycles. The molecule has 0 spiro atoms. The van der Waals surface area contributed by atoms with E-state index in [-0.39, 0.29) is 28.4 Å². The summed E-state index contributed by atoms with van der Waals surface area (Å²) in [6, 6.07) is 7.21. The highest BCUT2D eigenvalue weighted by molar-refractivity contribution is 6.02. The van der Waals surface area contributed by atoms with Crippen LogP contribution < -0.4 is 11.3 Å². The number of fused-ring (bicyclic) bond motifs is 3. The van der Waals surface area contributed by atoms with Gasteiger partial charge in [-0.2, -0.15) is 0 Å². The van der Waals surface area contributed by atoms with Gasteiger partial charge in [-0.1, -0.05) is 6.07 Å². The predicted octanol–water partition coefficient (Wildman–Crippen LogP) is 4.01. The molecule has 0 bridgehead atoms. The number of hydrogen-bond donors (Lipinski definition) is 1. The van der Waals surface area contributed by atoms with Crippen LogP contribution in [0.2, 0.25) is 0 Å². The van der Waals surface area contributed by atoms with E-state index in [1.807, 2.05) is 0 Å². The first-order valence-electron chi connectivity index (χ1n) is 8.21. The molecule has 2 heterocycles. The molecule has 1 aliphatic rings. The molecule has 5 nitrogen and oxygen atoms in total. The van der Waals surface area contributed by atoms with Gasteiger partial charge in [0.2, 0.25) is 0 Å². The summed E-state index contributed by atoms with van der Waals surface area (Å²) < 4.78 is 35.2. The third-order valence-electron chi connectivity index (χ3n) is 4.80. The monoisotopic (exact) mass is 353 g/mol. The molecule has 0 unspecified atom stereocenters. The molecule has 0 radical (unpaired) electrons. The van der Waals surface area contributed by atoms with E-state index >= 15 is 0 Å². The number of pyridine rings is 1. The molecule has 2 aromatic heterocycles. The maximum atomic E-state index is 14.3. The molecule has 0 aliphatic heterocycles. The highest BCUT2D eigenvalue weighted by atomic mass is 19.1. The van der Waals surface area contributed by atoms with Gasteiger partial charge in [-0.25, -0.2) is 13.8 Å². The Balaban J connectivity index is 1.85. The fraction of sp³-hybridized carbons (Fsp3) is 0.158. The number of aromatic nitrogens is 2. The first-order valence-corrected chi connectivity index (χ1v) is 8.21. The Labute approximate surface area is 145 Å². The van der Waals surface area contributed by atoms with Gasteiger partial charge in [-0.05, 0) is 36.6 Å². The zero-order valence-electron chi connectivity index (χ0n) is 13.5. The van der Waals surface area contributed by atoms with Crippen molar-refractivity contribution in [1.29, 1.82) is 0 Å².